The third kappa shape index (κ3) is 7.54. The van der Waals surface area contributed by atoms with Crippen LogP contribution in [0.3, 0.4) is 0 Å². The Kier molecular flexibility index (Phi) is 11.6. The fourth-order valence-electron chi connectivity index (χ4n) is 7.15. The van der Waals surface area contributed by atoms with E-state index in [4.69, 9.17) is 0 Å². The number of anilines is 1. The summed E-state index contributed by atoms with van der Waals surface area (Å²) in [6, 6.07) is 31.1. The number of thiazole rings is 2. The number of allylic oxidation sites excluding steroid dienone is 1. The van der Waals surface area contributed by atoms with Gasteiger partial charge in [-0.05, 0) is 85.9 Å². The van der Waals surface area contributed by atoms with Crippen molar-refractivity contribution in [3.63, 3.8) is 0 Å². The molecule has 7 rings (SSSR count). The van der Waals surface area contributed by atoms with E-state index in [-0.39, 0.29) is 24.1 Å². The summed E-state index contributed by atoms with van der Waals surface area (Å²) in [5.74, 6) is -2.24. The van der Waals surface area contributed by atoms with E-state index in [0.29, 0.717) is 33.4 Å². The predicted molar refractivity (Wildman–Crippen MR) is 226 cm³/mol. The summed E-state index contributed by atoms with van der Waals surface area (Å²) >= 11 is 4.46. The van der Waals surface area contributed by atoms with E-state index in [1.807, 2.05) is 84.3 Å². The van der Waals surface area contributed by atoms with Gasteiger partial charge in [-0.15, -0.1) is 11.3 Å². The van der Waals surface area contributed by atoms with Gasteiger partial charge >= 0.3 is 5.97 Å². The number of aryl methyl sites for hydroxylation is 2. The third-order valence-corrected chi connectivity index (χ3v) is 13.3. The van der Waals surface area contributed by atoms with E-state index >= 15 is 0 Å². The second kappa shape index (κ2) is 16.7. The Bertz CT molecular complexity index is 2680. The maximum absolute atomic E-state index is 14.6. The molecule has 1 N–H and O–H groups in total. The van der Waals surface area contributed by atoms with E-state index in [2.05, 4.69) is 37.8 Å². The summed E-state index contributed by atoms with van der Waals surface area (Å²) in [4.78, 5) is 43.5. The number of aliphatic carboxylic acids is 1. The molecule has 11 heteroatoms. The maximum atomic E-state index is 14.6. The molecule has 0 spiro atoms. The Morgan fingerprint density at radius 1 is 0.857 bits per heavy atom. The highest BCUT2D eigenvalue weighted by Gasteiger charge is 2.29. The van der Waals surface area contributed by atoms with Gasteiger partial charge in [-0.3, -0.25) is 9.36 Å². The smallest absolute Gasteiger partial charge is 0.336 e. The van der Waals surface area contributed by atoms with Crippen molar-refractivity contribution in [2.45, 2.75) is 58.5 Å². The number of aromatic nitrogens is 2. The summed E-state index contributed by atoms with van der Waals surface area (Å²) < 4.78 is 4.80. The Labute approximate surface area is 337 Å². The Morgan fingerprint density at radius 3 is 2.14 bits per heavy atom. The zero-order valence-corrected chi connectivity index (χ0v) is 34.0. The molecular formula is C45H41N3O5S3. The van der Waals surface area contributed by atoms with E-state index in [1.165, 1.54) is 33.8 Å². The van der Waals surface area contributed by atoms with Gasteiger partial charge < -0.3 is 19.9 Å². The highest BCUT2D eigenvalue weighted by atomic mass is 32.2. The average molecular weight is 800 g/mol. The molecule has 0 atom stereocenters. The first-order chi connectivity index (χ1) is 27.1. The van der Waals surface area contributed by atoms with Crippen LogP contribution < -0.4 is 29.3 Å². The second-order valence-electron chi connectivity index (χ2n) is 13.3. The average Bonchev–Trinajstić information content (AvgIpc) is 3.85. The van der Waals surface area contributed by atoms with Gasteiger partial charge in [-0.1, -0.05) is 96.8 Å². The van der Waals surface area contributed by atoms with Crippen molar-refractivity contribution in [2.24, 2.45) is 0 Å². The summed E-state index contributed by atoms with van der Waals surface area (Å²) in [5, 5.41) is 23.9. The van der Waals surface area contributed by atoms with Crippen LogP contribution in [-0.4, -0.2) is 28.2 Å². The second-order valence-corrected chi connectivity index (χ2v) is 16.4. The molecule has 0 unspecified atom stereocenters. The minimum absolute atomic E-state index is 0.104. The molecule has 1 aliphatic rings. The first-order valence-corrected chi connectivity index (χ1v) is 21.0. The minimum atomic E-state index is -1.16. The lowest BCUT2D eigenvalue weighted by molar-refractivity contribution is -0.682. The number of hydrogen-bond donors (Lipinski definition) is 1. The zero-order valence-electron chi connectivity index (χ0n) is 31.6. The van der Waals surface area contributed by atoms with E-state index in [0.717, 1.165) is 48.7 Å². The van der Waals surface area contributed by atoms with Crippen molar-refractivity contribution >= 4 is 63.7 Å². The van der Waals surface area contributed by atoms with Crippen molar-refractivity contribution in [1.82, 2.24) is 4.57 Å². The highest BCUT2D eigenvalue weighted by Crippen LogP contribution is 2.48. The summed E-state index contributed by atoms with van der Waals surface area (Å²) in [7, 11) is 0. The van der Waals surface area contributed by atoms with Gasteiger partial charge in [-0.25, -0.2) is 4.79 Å². The molecule has 0 amide bonds. The van der Waals surface area contributed by atoms with Gasteiger partial charge in [0.15, 0.2) is 6.54 Å². The molecule has 284 valence electrons. The van der Waals surface area contributed by atoms with Crippen LogP contribution in [0.5, 0.6) is 0 Å². The summed E-state index contributed by atoms with van der Waals surface area (Å²) in [6.45, 7) is 9.49. The molecule has 0 saturated heterocycles. The van der Waals surface area contributed by atoms with Crippen LogP contribution in [0, 0.1) is 6.92 Å². The van der Waals surface area contributed by atoms with Crippen molar-refractivity contribution in [3.05, 3.63) is 155 Å². The summed E-state index contributed by atoms with van der Waals surface area (Å²) in [5.41, 5.74) is 7.26. The number of rotatable bonds is 12. The molecular weight excluding hydrogens is 759 g/mol. The topological polar surface area (TPSA) is 107 Å². The lowest BCUT2D eigenvalue weighted by Gasteiger charge is -2.20. The van der Waals surface area contributed by atoms with Crippen LogP contribution in [0.1, 0.15) is 59.2 Å². The van der Waals surface area contributed by atoms with Crippen LogP contribution in [0.25, 0.3) is 33.3 Å². The maximum Gasteiger partial charge on any atom is 0.336 e. The normalized spacial score (nSPS) is 14.0. The van der Waals surface area contributed by atoms with E-state index < -0.39 is 11.9 Å². The number of fused-ring (bicyclic) bond motifs is 1. The SMILES string of the molecule is CCc1cc2c(cc1C)SC(=C/C(c1ccccc1C(=O)O)=c1/sc(=Cc3sc(-c4ccccc4)c(-c4ccccc4)[n+]3CCC(=O)[O-])n(CC)c1=O)N2CC. The molecule has 0 saturated carbocycles. The van der Waals surface area contributed by atoms with Crippen LogP contribution in [-0.2, 0) is 24.3 Å². The van der Waals surface area contributed by atoms with Crippen LogP contribution in [0.2, 0.25) is 0 Å². The molecule has 0 fully saturated rings. The number of aromatic carboxylic acids is 1. The Morgan fingerprint density at radius 2 is 1.52 bits per heavy atom. The van der Waals surface area contributed by atoms with Gasteiger partial charge in [0.2, 0.25) is 5.69 Å². The number of benzene rings is 4. The van der Waals surface area contributed by atoms with Crippen molar-refractivity contribution in [1.29, 1.82) is 0 Å². The van der Waals surface area contributed by atoms with Gasteiger partial charge in [0.05, 0.1) is 22.4 Å². The number of carbonyl (C=O) groups is 2. The molecule has 2 aromatic heterocycles. The molecule has 4 aromatic carbocycles. The van der Waals surface area contributed by atoms with Crippen LogP contribution >= 0.6 is 34.4 Å². The van der Waals surface area contributed by atoms with Crippen molar-refractivity contribution < 1.29 is 24.4 Å². The van der Waals surface area contributed by atoms with Gasteiger partial charge in [0.1, 0.15) is 14.1 Å². The highest BCUT2D eigenvalue weighted by molar-refractivity contribution is 8.03. The molecule has 3 heterocycles. The zero-order chi connectivity index (χ0) is 39.5. The number of thioether (sulfide) groups is 1. The van der Waals surface area contributed by atoms with Crippen LogP contribution in [0.15, 0.2) is 118 Å². The van der Waals surface area contributed by atoms with Crippen molar-refractivity contribution in [2.75, 3.05) is 11.4 Å². The molecule has 8 nitrogen and oxygen atoms in total. The van der Waals surface area contributed by atoms with E-state index in [1.54, 1.807) is 40.6 Å². The Balaban J connectivity index is 1.52. The predicted octanol–water partition coefficient (Wildman–Crippen LogP) is 6.82. The van der Waals surface area contributed by atoms with E-state index in [9.17, 15) is 24.6 Å². The number of hydrogen-bond acceptors (Lipinski definition) is 8. The summed E-state index contributed by atoms with van der Waals surface area (Å²) in [6.07, 6.45) is 4.64. The monoisotopic (exact) mass is 799 g/mol. The first-order valence-electron chi connectivity index (χ1n) is 18.6. The largest absolute Gasteiger partial charge is 0.550 e. The lowest BCUT2D eigenvalue weighted by Crippen LogP contribution is -2.40. The quantitative estimate of drug-likeness (QED) is 0.136. The number of nitrogens with zero attached hydrogens (tertiary/aromatic N) is 3. The third-order valence-electron chi connectivity index (χ3n) is 9.90. The lowest BCUT2D eigenvalue weighted by atomic mass is 9.99. The van der Waals surface area contributed by atoms with Crippen molar-refractivity contribution in [3.8, 4) is 21.7 Å². The van der Waals surface area contributed by atoms with Crippen LogP contribution in [0.4, 0.5) is 5.69 Å². The molecule has 56 heavy (non-hydrogen) atoms. The fourth-order valence-corrected chi connectivity index (χ4v) is 10.9. The molecule has 1 aliphatic heterocycles. The molecule has 6 aromatic rings. The first kappa shape index (κ1) is 38.8. The van der Waals surface area contributed by atoms with Gasteiger partial charge in [0.25, 0.3) is 10.6 Å². The standard InChI is InChI=1S/C45H41N3O5S3/c1-5-29-25-35-36(24-28(29)4)54-37(46(35)6-2)26-34(32-20-14-15-21-33(32)45(52)53)43-44(51)47(7-3)38(56-43)27-39-48(23-22-40(49)50)41(30-16-10-8-11-17-30)42(55-39)31-18-12-9-13-19-31/h8-21,24-27H,5-7,22-23H2,1-4H3,(H-,49,50,52,53)/b37-26?,43-34-. The molecule has 0 radical (unpaired) electrons. The van der Waals surface area contributed by atoms with Gasteiger partial charge in [0, 0.05) is 41.5 Å². The minimum Gasteiger partial charge on any atom is -0.550 e. The number of carboxylic acids is 2. The number of carboxylic acid groups (broad SMARTS) is 2. The van der Waals surface area contributed by atoms with Gasteiger partial charge in [-0.2, -0.15) is 4.57 Å². The number of carbonyl (C=O) groups excluding carboxylic acids is 1. The molecule has 0 aliphatic carbocycles. The Hall–Kier alpha value is -5.49. The molecule has 0 bridgehead atoms. The fraction of sp³-hybridized carbons (Fsp3) is 0.200.